The first-order chi connectivity index (χ1) is 10.5. The van der Waals surface area contributed by atoms with E-state index in [-0.39, 0.29) is 5.56 Å². The molecule has 1 N–H and O–H groups in total. The molecule has 0 aliphatic rings. The number of thiophene rings is 2. The number of rotatable bonds is 4. The number of carboxylic acid groups (broad SMARTS) is 1. The van der Waals surface area contributed by atoms with E-state index in [9.17, 15) is 9.59 Å². The van der Waals surface area contributed by atoms with E-state index in [2.05, 4.69) is 4.98 Å². The monoisotopic (exact) mass is 334 g/mol. The maximum absolute atomic E-state index is 12.8. The van der Waals surface area contributed by atoms with E-state index in [1.165, 1.54) is 29.2 Å². The van der Waals surface area contributed by atoms with Gasteiger partial charge >= 0.3 is 5.97 Å². The fraction of sp³-hybridized carbons (Fsp3) is 0.267. The van der Waals surface area contributed by atoms with Crippen molar-refractivity contribution in [1.82, 2.24) is 9.55 Å². The highest BCUT2D eigenvalue weighted by atomic mass is 32.1. The second kappa shape index (κ2) is 5.66. The number of carboxylic acids is 1. The van der Waals surface area contributed by atoms with Crippen LogP contribution in [-0.2, 0) is 11.2 Å². The molecule has 114 valence electrons. The standard InChI is InChI=1S/C15H14N2O3S2/c1-3-9-11(10-5-4-6-21-10)12-13(22-9)16-7-17(14(12)18)8(2)15(19)20/h4-8H,3H2,1-2H3,(H,19,20). The first-order valence-electron chi connectivity index (χ1n) is 6.83. The average molecular weight is 334 g/mol. The molecule has 0 spiro atoms. The summed E-state index contributed by atoms with van der Waals surface area (Å²) < 4.78 is 1.19. The summed E-state index contributed by atoms with van der Waals surface area (Å²) in [7, 11) is 0. The molecule has 0 fully saturated rings. The molecule has 0 bridgehead atoms. The van der Waals surface area contributed by atoms with Gasteiger partial charge in [0.1, 0.15) is 10.9 Å². The van der Waals surface area contributed by atoms with Crippen molar-refractivity contribution in [1.29, 1.82) is 0 Å². The molecule has 1 unspecified atom stereocenters. The highest BCUT2D eigenvalue weighted by Crippen LogP contribution is 2.38. The molecule has 3 rings (SSSR count). The molecule has 22 heavy (non-hydrogen) atoms. The maximum atomic E-state index is 12.8. The fourth-order valence-corrected chi connectivity index (χ4v) is 4.33. The fourth-order valence-electron chi connectivity index (χ4n) is 2.38. The molecule has 3 aromatic rings. The van der Waals surface area contributed by atoms with E-state index in [0.29, 0.717) is 10.2 Å². The van der Waals surface area contributed by atoms with Gasteiger partial charge in [0, 0.05) is 15.3 Å². The third-order valence-corrected chi connectivity index (χ3v) is 5.70. The van der Waals surface area contributed by atoms with Crippen LogP contribution in [0.1, 0.15) is 24.8 Å². The summed E-state index contributed by atoms with van der Waals surface area (Å²) in [6, 6.07) is 2.98. The van der Waals surface area contributed by atoms with E-state index in [1.807, 2.05) is 24.4 Å². The Hall–Kier alpha value is -1.99. The van der Waals surface area contributed by atoms with Crippen LogP contribution in [0.25, 0.3) is 20.7 Å². The second-order valence-corrected chi connectivity index (χ2v) is 6.91. The molecule has 0 saturated heterocycles. The first kappa shape index (κ1) is 14.9. The Morgan fingerprint density at radius 1 is 1.50 bits per heavy atom. The zero-order valence-electron chi connectivity index (χ0n) is 12.1. The topological polar surface area (TPSA) is 72.2 Å². The zero-order chi connectivity index (χ0) is 15.9. The summed E-state index contributed by atoms with van der Waals surface area (Å²) in [4.78, 5) is 31.1. The van der Waals surface area contributed by atoms with Crippen molar-refractivity contribution in [2.45, 2.75) is 26.3 Å². The number of hydrogen-bond acceptors (Lipinski definition) is 5. The molecule has 3 aromatic heterocycles. The van der Waals surface area contributed by atoms with E-state index in [0.717, 1.165) is 21.7 Å². The minimum Gasteiger partial charge on any atom is -0.480 e. The summed E-state index contributed by atoms with van der Waals surface area (Å²) in [5, 5.41) is 11.6. The third-order valence-electron chi connectivity index (χ3n) is 3.57. The Bertz CT molecular complexity index is 894. The Morgan fingerprint density at radius 2 is 2.27 bits per heavy atom. The van der Waals surface area contributed by atoms with E-state index in [1.54, 1.807) is 11.3 Å². The smallest absolute Gasteiger partial charge is 0.326 e. The van der Waals surface area contributed by atoms with Crippen molar-refractivity contribution < 1.29 is 9.90 Å². The highest BCUT2D eigenvalue weighted by molar-refractivity contribution is 7.20. The largest absolute Gasteiger partial charge is 0.480 e. The van der Waals surface area contributed by atoms with Gasteiger partial charge in [-0.2, -0.15) is 0 Å². The van der Waals surface area contributed by atoms with Crippen LogP contribution in [-0.4, -0.2) is 20.6 Å². The molecule has 0 aliphatic carbocycles. The lowest BCUT2D eigenvalue weighted by molar-refractivity contribution is -0.140. The lowest BCUT2D eigenvalue weighted by Crippen LogP contribution is -2.28. The number of carbonyl (C=O) groups is 1. The summed E-state index contributed by atoms with van der Waals surface area (Å²) in [5.41, 5.74) is 0.612. The van der Waals surface area contributed by atoms with Gasteiger partial charge in [-0.1, -0.05) is 13.0 Å². The van der Waals surface area contributed by atoms with Gasteiger partial charge < -0.3 is 5.11 Å². The minimum atomic E-state index is -1.05. The predicted molar refractivity (Wildman–Crippen MR) is 88.9 cm³/mol. The van der Waals surface area contributed by atoms with E-state index < -0.39 is 12.0 Å². The van der Waals surface area contributed by atoms with Gasteiger partial charge in [0.2, 0.25) is 0 Å². The van der Waals surface area contributed by atoms with Crippen LogP contribution >= 0.6 is 22.7 Å². The Morgan fingerprint density at radius 3 is 2.86 bits per heavy atom. The van der Waals surface area contributed by atoms with Crippen molar-refractivity contribution >= 4 is 38.9 Å². The van der Waals surface area contributed by atoms with Gasteiger partial charge in [-0.15, -0.1) is 22.7 Å². The van der Waals surface area contributed by atoms with Crippen LogP contribution in [0.15, 0.2) is 28.6 Å². The van der Waals surface area contributed by atoms with Crippen LogP contribution in [0.2, 0.25) is 0 Å². The van der Waals surface area contributed by atoms with Gasteiger partial charge in [0.15, 0.2) is 0 Å². The molecule has 5 nitrogen and oxygen atoms in total. The quantitative estimate of drug-likeness (QED) is 0.794. The molecule has 0 saturated carbocycles. The number of aliphatic carboxylic acids is 1. The van der Waals surface area contributed by atoms with Crippen LogP contribution in [0.3, 0.4) is 0 Å². The summed E-state index contributed by atoms with van der Waals surface area (Å²) in [6.45, 7) is 3.52. The molecule has 0 aromatic carbocycles. The van der Waals surface area contributed by atoms with Crippen molar-refractivity contribution in [3.63, 3.8) is 0 Å². The molecule has 0 aliphatic heterocycles. The maximum Gasteiger partial charge on any atom is 0.326 e. The Balaban J connectivity index is 2.36. The lowest BCUT2D eigenvalue weighted by Gasteiger charge is -2.09. The molecule has 0 amide bonds. The molecule has 3 heterocycles. The van der Waals surface area contributed by atoms with Crippen molar-refractivity contribution in [3.05, 3.63) is 39.1 Å². The highest BCUT2D eigenvalue weighted by Gasteiger charge is 2.22. The zero-order valence-corrected chi connectivity index (χ0v) is 13.7. The van der Waals surface area contributed by atoms with Gasteiger partial charge in [0.25, 0.3) is 5.56 Å². The second-order valence-electron chi connectivity index (χ2n) is 4.88. The summed E-state index contributed by atoms with van der Waals surface area (Å²) in [5.74, 6) is -1.05. The average Bonchev–Trinajstić information content (AvgIpc) is 3.13. The van der Waals surface area contributed by atoms with Crippen LogP contribution in [0, 0.1) is 0 Å². The van der Waals surface area contributed by atoms with Gasteiger partial charge in [-0.05, 0) is 24.8 Å². The van der Waals surface area contributed by atoms with Gasteiger partial charge in [-0.3, -0.25) is 9.36 Å². The lowest BCUT2D eigenvalue weighted by atomic mass is 10.1. The summed E-state index contributed by atoms with van der Waals surface area (Å²) in [6.07, 6.45) is 2.14. The predicted octanol–water partition coefficient (Wildman–Crippen LogP) is 3.39. The number of nitrogens with zero attached hydrogens (tertiary/aromatic N) is 2. The van der Waals surface area contributed by atoms with Crippen molar-refractivity contribution in [2.24, 2.45) is 0 Å². The Labute approximate surface area is 134 Å². The van der Waals surface area contributed by atoms with E-state index in [4.69, 9.17) is 5.11 Å². The molecular formula is C15H14N2O3S2. The van der Waals surface area contributed by atoms with E-state index >= 15 is 0 Å². The van der Waals surface area contributed by atoms with Crippen LogP contribution in [0.5, 0.6) is 0 Å². The van der Waals surface area contributed by atoms with Gasteiger partial charge in [-0.25, -0.2) is 9.78 Å². The number of hydrogen-bond donors (Lipinski definition) is 1. The Kier molecular flexibility index (Phi) is 3.84. The molecule has 0 radical (unpaired) electrons. The normalized spacial score (nSPS) is 12.6. The molecular weight excluding hydrogens is 320 g/mol. The summed E-state index contributed by atoms with van der Waals surface area (Å²) >= 11 is 3.07. The number of aryl methyl sites for hydroxylation is 1. The first-order valence-corrected chi connectivity index (χ1v) is 8.53. The molecule has 1 atom stereocenters. The third kappa shape index (κ3) is 2.26. The van der Waals surface area contributed by atoms with Gasteiger partial charge in [0.05, 0.1) is 11.7 Å². The number of fused-ring (bicyclic) bond motifs is 1. The number of aromatic nitrogens is 2. The SMILES string of the molecule is CCc1sc2ncn(C(C)C(=O)O)c(=O)c2c1-c1cccs1. The van der Waals surface area contributed by atoms with Crippen LogP contribution in [0.4, 0.5) is 0 Å². The van der Waals surface area contributed by atoms with Crippen LogP contribution < -0.4 is 5.56 Å². The van der Waals surface area contributed by atoms with Crippen molar-refractivity contribution in [3.8, 4) is 10.4 Å². The van der Waals surface area contributed by atoms with Crippen molar-refractivity contribution in [2.75, 3.05) is 0 Å². The minimum absolute atomic E-state index is 0.292. The molecule has 7 heteroatoms.